The number of hydrogen-bond acceptors (Lipinski definition) is 3. The van der Waals surface area contributed by atoms with E-state index in [0.717, 1.165) is 4.90 Å². The number of carbonyl (C=O) groups excluding carboxylic acids is 1. The van der Waals surface area contributed by atoms with Gasteiger partial charge in [0.2, 0.25) is 0 Å². The van der Waals surface area contributed by atoms with Crippen LogP contribution in [0.5, 0.6) is 0 Å². The van der Waals surface area contributed by atoms with Crippen LogP contribution in [0.15, 0.2) is 23.1 Å². The van der Waals surface area contributed by atoms with Crippen molar-refractivity contribution in [3.8, 4) is 0 Å². The highest BCUT2D eigenvalue weighted by Crippen LogP contribution is 2.25. The number of benzene rings is 1. The van der Waals surface area contributed by atoms with Crippen molar-refractivity contribution < 1.29 is 4.79 Å². The van der Waals surface area contributed by atoms with E-state index >= 15 is 0 Å². The average molecular weight is 274 g/mol. The van der Waals surface area contributed by atoms with Crippen LogP contribution in [0.4, 0.5) is 5.69 Å². The molecule has 0 spiro atoms. The Morgan fingerprint density at radius 3 is 2.71 bits per heavy atom. The van der Waals surface area contributed by atoms with Crippen molar-refractivity contribution in [2.75, 3.05) is 12.0 Å². The quantitative estimate of drug-likeness (QED) is 0.399. The number of nitrogen functional groups attached to an aromatic ring is 1. The van der Waals surface area contributed by atoms with E-state index in [4.69, 9.17) is 5.73 Å². The van der Waals surface area contributed by atoms with E-state index in [1.54, 1.807) is 17.8 Å². The minimum Gasteiger partial charge on any atom is -0.399 e. The van der Waals surface area contributed by atoms with Crippen molar-refractivity contribution in [2.24, 2.45) is 0 Å². The van der Waals surface area contributed by atoms with E-state index in [9.17, 15) is 4.79 Å². The maximum absolute atomic E-state index is 11.8. The van der Waals surface area contributed by atoms with Gasteiger partial charge in [0.05, 0.1) is 4.83 Å². The van der Waals surface area contributed by atoms with Crippen molar-refractivity contribution in [2.45, 2.75) is 16.6 Å². The summed E-state index contributed by atoms with van der Waals surface area (Å²) in [7, 11) is 0. The first-order valence-electron chi connectivity index (χ1n) is 4.18. The number of carbonyl (C=O) groups is 1. The summed E-state index contributed by atoms with van der Waals surface area (Å²) in [6, 6.07) is 5.41. The monoisotopic (exact) mass is 273 g/mol. The molecule has 0 heterocycles. The van der Waals surface area contributed by atoms with Crippen molar-refractivity contribution in [3.05, 3.63) is 23.8 Å². The van der Waals surface area contributed by atoms with Crippen molar-refractivity contribution in [1.29, 1.82) is 0 Å². The zero-order chi connectivity index (χ0) is 10.7. The highest BCUT2D eigenvalue weighted by molar-refractivity contribution is 9.10. The van der Waals surface area contributed by atoms with Gasteiger partial charge in [-0.2, -0.15) is 0 Å². The molecule has 1 aromatic carbocycles. The molecule has 2 nitrogen and oxygen atoms in total. The Hall–Kier alpha value is -0.480. The molecule has 0 saturated carbocycles. The minimum atomic E-state index is -0.171. The largest absolute Gasteiger partial charge is 0.399 e. The Morgan fingerprint density at radius 2 is 2.21 bits per heavy atom. The second kappa shape index (κ2) is 4.84. The summed E-state index contributed by atoms with van der Waals surface area (Å²) in [5.41, 5.74) is 6.96. The Bertz CT molecular complexity index is 352. The molecular formula is C10H12BrNOS. The maximum Gasteiger partial charge on any atom is 0.177 e. The third-order valence-electron chi connectivity index (χ3n) is 1.85. The molecule has 0 radical (unpaired) electrons. The SMILES string of the molecule is CSc1ccc(N)cc1C(=O)C(C)Br. The lowest BCUT2D eigenvalue weighted by molar-refractivity contribution is 0.0993. The van der Waals surface area contributed by atoms with Crippen molar-refractivity contribution in [1.82, 2.24) is 0 Å². The van der Waals surface area contributed by atoms with Gasteiger partial charge in [-0.15, -0.1) is 11.8 Å². The van der Waals surface area contributed by atoms with Gasteiger partial charge < -0.3 is 5.73 Å². The summed E-state index contributed by atoms with van der Waals surface area (Å²) in [5, 5.41) is 0. The fourth-order valence-electron chi connectivity index (χ4n) is 1.13. The van der Waals surface area contributed by atoms with Gasteiger partial charge in [-0.1, -0.05) is 15.9 Å². The Kier molecular flexibility index (Phi) is 4.01. The number of thioether (sulfide) groups is 1. The highest BCUT2D eigenvalue weighted by Gasteiger charge is 2.15. The van der Waals surface area contributed by atoms with Crippen LogP contribution in [0, 0.1) is 0 Å². The zero-order valence-electron chi connectivity index (χ0n) is 8.08. The van der Waals surface area contributed by atoms with Gasteiger partial charge in [0.1, 0.15) is 0 Å². The fraction of sp³-hybridized carbons (Fsp3) is 0.300. The number of ketones is 1. The summed E-state index contributed by atoms with van der Waals surface area (Å²) in [6.45, 7) is 1.82. The number of rotatable bonds is 3. The van der Waals surface area contributed by atoms with E-state index in [-0.39, 0.29) is 10.6 Å². The lowest BCUT2D eigenvalue weighted by atomic mass is 10.1. The van der Waals surface area contributed by atoms with Crippen LogP contribution in [0.3, 0.4) is 0 Å². The summed E-state index contributed by atoms with van der Waals surface area (Å²) in [5.74, 6) is 0.0710. The van der Waals surface area contributed by atoms with Crippen molar-refractivity contribution in [3.63, 3.8) is 0 Å². The van der Waals surface area contributed by atoms with Gasteiger partial charge in [0, 0.05) is 16.1 Å². The average Bonchev–Trinajstić information content (AvgIpc) is 2.16. The molecule has 0 aromatic heterocycles. The molecule has 0 aliphatic carbocycles. The van der Waals surface area contributed by atoms with Crippen LogP contribution in [0.25, 0.3) is 0 Å². The van der Waals surface area contributed by atoms with Crippen molar-refractivity contribution >= 4 is 39.2 Å². The molecule has 1 atom stereocenters. The molecule has 1 aromatic rings. The molecule has 0 fully saturated rings. The van der Waals surface area contributed by atoms with Crippen LogP contribution >= 0.6 is 27.7 Å². The first kappa shape index (κ1) is 11.6. The molecule has 0 aliphatic rings. The number of anilines is 1. The predicted molar refractivity (Wildman–Crippen MR) is 65.4 cm³/mol. The predicted octanol–water partition coefficient (Wildman–Crippen LogP) is 2.96. The van der Waals surface area contributed by atoms with Gasteiger partial charge in [-0.05, 0) is 31.4 Å². The zero-order valence-corrected chi connectivity index (χ0v) is 10.5. The number of nitrogens with two attached hydrogens (primary N) is 1. The molecule has 0 aliphatic heterocycles. The second-order valence-corrected chi connectivity index (χ2v) is 5.16. The lowest BCUT2D eigenvalue weighted by Crippen LogP contribution is -2.11. The van der Waals surface area contributed by atoms with Crippen LogP contribution < -0.4 is 5.73 Å². The van der Waals surface area contributed by atoms with Crippen LogP contribution in [0.2, 0.25) is 0 Å². The van der Waals surface area contributed by atoms with E-state index in [0.29, 0.717) is 11.3 Å². The molecular weight excluding hydrogens is 262 g/mol. The smallest absolute Gasteiger partial charge is 0.177 e. The maximum atomic E-state index is 11.8. The Balaban J connectivity index is 3.17. The topological polar surface area (TPSA) is 43.1 Å². The molecule has 2 N–H and O–H groups in total. The van der Waals surface area contributed by atoms with Gasteiger partial charge in [-0.25, -0.2) is 0 Å². The van der Waals surface area contributed by atoms with Gasteiger partial charge in [-0.3, -0.25) is 4.79 Å². The normalized spacial score (nSPS) is 12.5. The summed E-state index contributed by atoms with van der Waals surface area (Å²) in [6.07, 6.45) is 1.95. The van der Waals surface area contributed by atoms with Crippen LogP contribution in [0.1, 0.15) is 17.3 Å². The molecule has 0 amide bonds. The van der Waals surface area contributed by atoms with Crippen LogP contribution in [-0.2, 0) is 0 Å². The van der Waals surface area contributed by atoms with E-state index in [1.807, 2.05) is 25.3 Å². The molecule has 76 valence electrons. The Morgan fingerprint density at radius 1 is 1.57 bits per heavy atom. The minimum absolute atomic E-state index is 0.0710. The first-order chi connectivity index (χ1) is 6.56. The third-order valence-corrected chi connectivity index (χ3v) is 3.06. The number of hydrogen-bond donors (Lipinski definition) is 1. The molecule has 14 heavy (non-hydrogen) atoms. The summed E-state index contributed by atoms with van der Waals surface area (Å²) in [4.78, 5) is 12.6. The first-order valence-corrected chi connectivity index (χ1v) is 6.32. The summed E-state index contributed by atoms with van der Waals surface area (Å²) < 4.78 is 0. The lowest BCUT2D eigenvalue weighted by Gasteiger charge is -2.08. The number of halogens is 1. The van der Waals surface area contributed by atoms with E-state index in [2.05, 4.69) is 15.9 Å². The van der Waals surface area contributed by atoms with Gasteiger partial charge in [0.15, 0.2) is 5.78 Å². The molecule has 1 rings (SSSR count). The van der Waals surface area contributed by atoms with Gasteiger partial charge in [0.25, 0.3) is 0 Å². The van der Waals surface area contributed by atoms with Gasteiger partial charge >= 0.3 is 0 Å². The third kappa shape index (κ3) is 2.51. The second-order valence-electron chi connectivity index (χ2n) is 2.94. The number of alkyl halides is 1. The molecule has 0 bridgehead atoms. The van der Waals surface area contributed by atoms with E-state index in [1.165, 1.54) is 0 Å². The fourth-order valence-corrected chi connectivity index (χ4v) is 1.96. The summed E-state index contributed by atoms with van der Waals surface area (Å²) >= 11 is 4.82. The molecule has 4 heteroatoms. The molecule has 0 saturated heterocycles. The Labute approximate surface area is 96.4 Å². The molecule has 1 unspecified atom stereocenters. The van der Waals surface area contributed by atoms with Crippen LogP contribution in [-0.4, -0.2) is 16.9 Å². The number of Topliss-reactive ketones (excluding diaryl/α,β-unsaturated/α-hetero) is 1. The van der Waals surface area contributed by atoms with E-state index < -0.39 is 0 Å². The standard InChI is InChI=1S/C10H12BrNOS/c1-6(11)10(13)8-5-7(12)3-4-9(8)14-2/h3-6H,12H2,1-2H3. The highest BCUT2D eigenvalue weighted by atomic mass is 79.9.